The average Bonchev–Trinajstić information content (AvgIpc) is 2.74. The van der Waals surface area contributed by atoms with Gasteiger partial charge in [-0.3, -0.25) is 4.79 Å². The summed E-state index contributed by atoms with van der Waals surface area (Å²) in [5.74, 6) is 0.134. The molecule has 0 unspecified atom stereocenters. The molecular weight excluding hydrogens is 284 g/mol. The molecule has 23 heavy (non-hydrogen) atoms. The van der Waals surface area contributed by atoms with Gasteiger partial charge in [-0.15, -0.1) is 0 Å². The van der Waals surface area contributed by atoms with E-state index in [-0.39, 0.29) is 11.3 Å². The number of aryl methyl sites for hydroxylation is 3. The molecule has 0 atom stereocenters. The lowest BCUT2D eigenvalue weighted by molar-refractivity contribution is 0.100. The van der Waals surface area contributed by atoms with Gasteiger partial charge in [0.05, 0.1) is 6.54 Å². The monoisotopic (exact) mass is 312 g/mol. The van der Waals surface area contributed by atoms with Crippen LogP contribution in [0.4, 0.5) is 5.69 Å². The van der Waals surface area contributed by atoms with Crippen molar-refractivity contribution in [2.45, 2.75) is 54.0 Å². The van der Waals surface area contributed by atoms with E-state index in [0.717, 1.165) is 28.2 Å². The van der Waals surface area contributed by atoms with E-state index in [1.807, 2.05) is 13.0 Å². The Morgan fingerprint density at radius 2 is 1.74 bits per heavy atom. The normalized spacial score (nSPS) is 11.6. The van der Waals surface area contributed by atoms with Gasteiger partial charge in [0, 0.05) is 28.2 Å². The van der Waals surface area contributed by atoms with Crippen LogP contribution >= 0.6 is 0 Å². The fraction of sp³-hybridized carbons (Fsp3) is 0.450. The number of carbonyl (C=O) groups is 1. The molecule has 0 spiro atoms. The van der Waals surface area contributed by atoms with Crippen molar-refractivity contribution >= 4 is 11.5 Å². The van der Waals surface area contributed by atoms with Crippen molar-refractivity contribution in [3.63, 3.8) is 0 Å². The van der Waals surface area contributed by atoms with Crippen molar-refractivity contribution in [1.82, 2.24) is 4.57 Å². The van der Waals surface area contributed by atoms with E-state index in [9.17, 15) is 4.79 Å². The number of nitrogens with zero attached hydrogens (tertiary/aromatic N) is 1. The molecule has 0 aliphatic heterocycles. The third-order valence-corrected chi connectivity index (χ3v) is 4.23. The first-order chi connectivity index (χ1) is 10.6. The summed E-state index contributed by atoms with van der Waals surface area (Å²) in [6.45, 7) is 15.0. The van der Waals surface area contributed by atoms with E-state index in [2.05, 4.69) is 69.6 Å². The maximum Gasteiger partial charge on any atom is 0.183 e. The Kier molecular flexibility index (Phi) is 4.69. The van der Waals surface area contributed by atoms with E-state index in [1.54, 1.807) is 0 Å². The summed E-state index contributed by atoms with van der Waals surface area (Å²) in [5.41, 5.74) is 6.35. The minimum atomic E-state index is -0.0206. The van der Waals surface area contributed by atoms with Crippen LogP contribution in [0.15, 0.2) is 24.3 Å². The molecule has 2 rings (SSSR count). The summed E-state index contributed by atoms with van der Waals surface area (Å²) in [5, 5.41) is 3.29. The van der Waals surface area contributed by atoms with Crippen molar-refractivity contribution in [2.24, 2.45) is 0 Å². The van der Waals surface area contributed by atoms with E-state index < -0.39 is 0 Å². The summed E-state index contributed by atoms with van der Waals surface area (Å²) in [6, 6.07) is 8.25. The highest BCUT2D eigenvalue weighted by molar-refractivity contribution is 6.00. The molecule has 1 aromatic carbocycles. The van der Waals surface area contributed by atoms with Crippen LogP contribution in [0.1, 0.15) is 53.6 Å². The van der Waals surface area contributed by atoms with Crippen LogP contribution in [0.5, 0.6) is 0 Å². The fourth-order valence-electron chi connectivity index (χ4n) is 3.27. The Morgan fingerprint density at radius 1 is 1.09 bits per heavy atom. The van der Waals surface area contributed by atoms with Gasteiger partial charge in [0.1, 0.15) is 0 Å². The van der Waals surface area contributed by atoms with Gasteiger partial charge < -0.3 is 9.88 Å². The number of rotatable bonds is 4. The predicted octanol–water partition coefficient (Wildman–Crippen LogP) is 4.77. The lowest BCUT2D eigenvalue weighted by Gasteiger charge is -2.25. The second kappa shape index (κ2) is 6.23. The standard InChI is InChI=1S/C20H28N2O/c1-13-8-9-14(2)18(10-13)21-12-19(23)17-11-15(3)22(16(17)4)20(5,6)7/h8-11,21H,12H2,1-7H3. The Bertz CT molecular complexity index is 733. The summed E-state index contributed by atoms with van der Waals surface area (Å²) in [6.07, 6.45) is 0. The van der Waals surface area contributed by atoms with E-state index >= 15 is 0 Å². The molecule has 3 heteroatoms. The molecule has 0 aliphatic rings. The van der Waals surface area contributed by atoms with Crippen LogP contribution in [0.2, 0.25) is 0 Å². The van der Waals surface area contributed by atoms with Crippen LogP contribution in [-0.2, 0) is 5.54 Å². The smallest absolute Gasteiger partial charge is 0.183 e. The number of ketones is 1. The van der Waals surface area contributed by atoms with Gasteiger partial charge in [-0.1, -0.05) is 12.1 Å². The molecule has 0 saturated carbocycles. The third kappa shape index (κ3) is 3.66. The van der Waals surface area contributed by atoms with Gasteiger partial charge in [0.25, 0.3) is 0 Å². The number of nitrogens with one attached hydrogen (secondary N) is 1. The minimum absolute atomic E-state index is 0.0206. The molecule has 0 amide bonds. The Morgan fingerprint density at radius 3 is 2.30 bits per heavy atom. The molecule has 0 bridgehead atoms. The number of anilines is 1. The summed E-state index contributed by atoms with van der Waals surface area (Å²) >= 11 is 0. The predicted molar refractivity (Wildman–Crippen MR) is 97.6 cm³/mol. The number of aromatic nitrogens is 1. The number of hydrogen-bond acceptors (Lipinski definition) is 2. The largest absolute Gasteiger partial charge is 0.377 e. The van der Waals surface area contributed by atoms with Gasteiger partial charge in [-0.25, -0.2) is 0 Å². The molecule has 124 valence electrons. The van der Waals surface area contributed by atoms with E-state index in [0.29, 0.717) is 6.54 Å². The molecule has 1 heterocycles. The molecule has 2 aromatic rings. The fourth-order valence-corrected chi connectivity index (χ4v) is 3.27. The average molecular weight is 312 g/mol. The van der Waals surface area contributed by atoms with Crippen molar-refractivity contribution in [3.05, 3.63) is 52.3 Å². The van der Waals surface area contributed by atoms with E-state index in [1.165, 1.54) is 5.56 Å². The van der Waals surface area contributed by atoms with Crippen LogP contribution in [-0.4, -0.2) is 16.9 Å². The lowest BCUT2D eigenvalue weighted by atomic mass is 10.1. The molecule has 1 N–H and O–H groups in total. The Balaban J connectivity index is 2.21. The van der Waals surface area contributed by atoms with Crippen molar-refractivity contribution in [1.29, 1.82) is 0 Å². The van der Waals surface area contributed by atoms with Gasteiger partial charge >= 0.3 is 0 Å². The third-order valence-electron chi connectivity index (χ3n) is 4.23. The Hall–Kier alpha value is -2.03. The number of benzene rings is 1. The molecule has 0 aliphatic carbocycles. The molecular formula is C20H28N2O. The molecule has 3 nitrogen and oxygen atoms in total. The quantitative estimate of drug-likeness (QED) is 0.825. The highest BCUT2D eigenvalue weighted by Gasteiger charge is 2.22. The second-order valence-corrected chi connectivity index (χ2v) is 7.39. The molecule has 0 fully saturated rings. The topological polar surface area (TPSA) is 34.0 Å². The maximum absolute atomic E-state index is 12.7. The summed E-state index contributed by atoms with van der Waals surface area (Å²) < 4.78 is 2.23. The SMILES string of the molecule is Cc1ccc(C)c(NCC(=O)c2cc(C)n(C(C)(C)C)c2C)c1. The van der Waals surface area contributed by atoms with Crippen LogP contribution in [0.25, 0.3) is 0 Å². The number of hydrogen-bond donors (Lipinski definition) is 1. The van der Waals surface area contributed by atoms with Gasteiger partial charge in [-0.2, -0.15) is 0 Å². The first-order valence-corrected chi connectivity index (χ1v) is 8.15. The number of carbonyl (C=O) groups excluding carboxylic acids is 1. The number of Topliss-reactive ketones (excluding diaryl/α,β-unsaturated/α-hetero) is 1. The minimum Gasteiger partial charge on any atom is -0.377 e. The van der Waals surface area contributed by atoms with Crippen molar-refractivity contribution in [2.75, 3.05) is 11.9 Å². The molecule has 0 saturated heterocycles. The van der Waals surface area contributed by atoms with Crippen LogP contribution in [0.3, 0.4) is 0 Å². The second-order valence-electron chi connectivity index (χ2n) is 7.39. The van der Waals surface area contributed by atoms with Gasteiger partial charge in [0.15, 0.2) is 5.78 Å². The zero-order valence-corrected chi connectivity index (χ0v) is 15.4. The first kappa shape index (κ1) is 17.3. The summed E-state index contributed by atoms with van der Waals surface area (Å²) in [7, 11) is 0. The highest BCUT2D eigenvalue weighted by Crippen LogP contribution is 2.25. The zero-order chi connectivity index (χ0) is 17.4. The van der Waals surface area contributed by atoms with E-state index in [4.69, 9.17) is 0 Å². The van der Waals surface area contributed by atoms with Crippen molar-refractivity contribution < 1.29 is 4.79 Å². The molecule has 0 radical (unpaired) electrons. The van der Waals surface area contributed by atoms with Crippen LogP contribution in [0, 0.1) is 27.7 Å². The summed E-state index contributed by atoms with van der Waals surface area (Å²) in [4.78, 5) is 12.7. The van der Waals surface area contributed by atoms with Crippen molar-refractivity contribution in [3.8, 4) is 0 Å². The van der Waals surface area contributed by atoms with Crippen LogP contribution < -0.4 is 5.32 Å². The van der Waals surface area contributed by atoms with Gasteiger partial charge in [0.2, 0.25) is 0 Å². The zero-order valence-electron chi connectivity index (χ0n) is 15.4. The lowest BCUT2D eigenvalue weighted by Crippen LogP contribution is -2.24. The molecule has 1 aromatic heterocycles. The van der Waals surface area contributed by atoms with Gasteiger partial charge in [-0.05, 0) is 71.7 Å². The first-order valence-electron chi connectivity index (χ1n) is 8.15. The maximum atomic E-state index is 12.7. The highest BCUT2D eigenvalue weighted by atomic mass is 16.1. The Labute approximate surface area is 139 Å².